The van der Waals surface area contributed by atoms with Crippen molar-refractivity contribution in [1.29, 1.82) is 0 Å². The number of halogens is 1. The third kappa shape index (κ3) is 3.26. The van der Waals surface area contributed by atoms with Crippen LogP contribution in [0.15, 0.2) is 47.4 Å². The van der Waals surface area contributed by atoms with Gasteiger partial charge in [-0.2, -0.15) is 0 Å². The minimum Gasteiger partial charge on any atom is -0.354 e. The number of hydrogen-bond donors (Lipinski definition) is 2. The lowest BCUT2D eigenvalue weighted by atomic mass is 10.2. The highest BCUT2D eigenvalue weighted by molar-refractivity contribution is 14.1. The van der Waals surface area contributed by atoms with Crippen LogP contribution in [0.3, 0.4) is 0 Å². The SMILES string of the molecule is Cc1c(S(N)(=O)=O)ccc(I)c1Nc1ccccc1. The molecule has 0 radical (unpaired) electrons. The molecule has 19 heavy (non-hydrogen) atoms. The van der Waals surface area contributed by atoms with Gasteiger partial charge in [-0.25, -0.2) is 13.6 Å². The highest BCUT2D eigenvalue weighted by Crippen LogP contribution is 2.30. The van der Waals surface area contributed by atoms with E-state index in [1.807, 2.05) is 30.3 Å². The maximum Gasteiger partial charge on any atom is 0.238 e. The fraction of sp³-hybridized carbons (Fsp3) is 0.0769. The fourth-order valence-corrected chi connectivity index (χ4v) is 3.29. The molecule has 0 atom stereocenters. The molecule has 0 amide bonds. The van der Waals surface area contributed by atoms with Crippen molar-refractivity contribution in [1.82, 2.24) is 0 Å². The number of nitrogens with one attached hydrogen (secondary N) is 1. The molecule has 0 fully saturated rings. The Morgan fingerprint density at radius 3 is 2.32 bits per heavy atom. The summed E-state index contributed by atoms with van der Waals surface area (Å²) < 4.78 is 24.0. The first-order chi connectivity index (χ1) is 8.89. The molecular formula is C13H13IN2O2S. The van der Waals surface area contributed by atoms with E-state index >= 15 is 0 Å². The molecule has 6 heteroatoms. The van der Waals surface area contributed by atoms with Crippen molar-refractivity contribution in [3.63, 3.8) is 0 Å². The van der Waals surface area contributed by atoms with E-state index < -0.39 is 10.0 Å². The molecular weight excluding hydrogens is 375 g/mol. The maximum absolute atomic E-state index is 11.5. The summed E-state index contributed by atoms with van der Waals surface area (Å²) in [4.78, 5) is 0.145. The fourth-order valence-electron chi connectivity index (χ4n) is 1.79. The van der Waals surface area contributed by atoms with Gasteiger partial charge in [-0.15, -0.1) is 0 Å². The van der Waals surface area contributed by atoms with E-state index in [1.54, 1.807) is 13.0 Å². The summed E-state index contributed by atoms with van der Waals surface area (Å²) in [6, 6.07) is 12.8. The van der Waals surface area contributed by atoms with E-state index in [0.29, 0.717) is 5.56 Å². The number of rotatable bonds is 3. The maximum atomic E-state index is 11.5. The molecule has 0 aliphatic carbocycles. The van der Waals surface area contributed by atoms with Crippen LogP contribution >= 0.6 is 22.6 Å². The van der Waals surface area contributed by atoms with Crippen LogP contribution in [0, 0.1) is 10.5 Å². The van der Waals surface area contributed by atoms with Crippen molar-refractivity contribution in [2.75, 3.05) is 5.32 Å². The topological polar surface area (TPSA) is 72.2 Å². The van der Waals surface area contributed by atoms with Crippen molar-refractivity contribution >= 4 is 44.0 Å². The van der Waals surface area contributed by atoms with Crippen LogP contribution in [0.25, 0.3) is 0 Å². The third-order valence-corrected chi connectivity index (χ3v) is 4.67. The summed E-state index contributed by atoms with van der Waals surface area (Å²) in [5.41, 5.74) is 2.28. The van der Waals surface area contributed by atoms with Crippen LogP contribution in [-0.4, -0.2) is 8.42 Å². The van der Waals surface area contributed by atoms with E-state index in [2.05, 4.69) is 27.9 Å². The number of para-hydroxylation sites is 1. The standard InChI is InChI=1S/C13H13IN2O2S/c1-9-12(19(15,17)18)8-7-11(14)13(9)16-10-5-3-2-4-6-10/h2-8,16H,1H3,(H2,15,17,18). The van der Waals surface area contributed by atoms with Crippen LogP contribution in [0.4, 0.5) is 11.4 Å². The molecule has 2 aromatic carbocycles. The van der Waals surface area contributed by atoms with E-state index in [4.69, 9.17) is 5.14 Å². The van der Waals surface area contributed by atoms with E-state index in [-0.39, 0.29) is 4.90 Å². The van der Waals surface area contributed by atoms with E-state index in [9.17, 15) is 8.42 Å². The van der Waals surface area contributed by atoms with Gasteiger partial charge in [0.05, 0.1) is 10.6 Å². The molecule has 0 heterocycles. The number of benzene rings is 2. The normalized spacial score (nSPS) is 11.3. The van der Waals surface area contributed by atoms with Gasteiger partial charge >= 0.3 is 0 Å². The highest BCUT2D eigenvalue weighted by atomic mass is 127. The molecule has 0 aromatic heterocycles. The zero-order chi connectivity index (χ0) is 14.0. The molecule has 4 nitrogen and oxygen atoms in total. The number of anilines is 2. The Morgan fingerprint density at radius 1 is 1.11 bits per heavy atom. The van der Waals surface area contributed by atoms with Crippen LogP contribution < -0.4 is 10.5 Å². The Morgan fingerprint density at radius 2 is 1.74 bits per heavy atom. The van der Waals surface area contributed by atoms with Crippen LogP contribution in [0.1, 0.15) is 5.56 Å². The van der Waals surface area contributed by atoms with Gasteiger partial charge in [-0.05, 0) is 59.3 Å². The number of sulfonamides is 1. The number of nitrogens with two attached hydrogens (primary N) is 1. The summed E-state index contributed by atoms with van der Waals surface area (Å²) >= 11 is 2.16. The Bertz CT molecular complexity index is 700. The van der Waals surface area contributed by atoms with Crippen LogP contribution in [0.5, 0.6) is 0 Å². The lowest BCUT2D eigenvalue weighted by Gasteiger charge is -2.14. The first-order valence-electron chi connectivity index (χ1n) is 5.53. The summed E-state index contributed by atoms with van der Waals surface area (Å²) in [7, 11) is -3.71. The van der Waals surface area contributed by atoms with Gasteiger partial charge in [0.15, 0.2) is 0 Å². The predicted octanol–water partition coefficient (Wildman–Crippen LogP) is 2.99. The van der Waals surface area contributed by atoms with Crippen LogP contribution in [-0.2, 0) is 10.0 Å². The zero-order valence-electron chi connectivity index (χ0n) is 10.2. The monoisotopic (exact) mass is 388 g/mol. The lowest BCUT2D eigenvalue weighted by molar-refractivity contribution is 0.597. The van der Waals surface area contributed by atoms with E-state index in [1.165, 1.54) is 6.07 Å². The summed E-state index contributed by atoms with van der Waals surface area (Å²) in [6.45, 7) is 1.74. The zero-order valence-corrected chi connectivity index (χ0v) is 13.2. The lowest BCUT2D eigenvalue weighted by Crippen LogP contribution is -2.14. The largest absolute Gasteiger partial charge is 0.354 e. The summed E-state index contributed by atoms with van der Waals surface area (Å²) in [5.74, 6) is 0. The van der Waals surface area contributed by atoms with Crippen molar-refractivity contribution < 1.29 is 8.42 Å². The second-order valence-electron chi connectivity index (χ2n) is 4.08. The molecule has 0 aliphatic heterocycles. The van der Waals surface area contributed by atoms with Gasteiger partial charge in [0.2, 0.25) is 10.0 Å². The summed E-state index contributed by atoms with van der Waals surface area (Å²) in [6.07, 6.45) is 0. The van der Waals surface area contributed by atoms with Gasteiger partial charge in [0.25, 0.3) is 0 Å². The van der Waals surface area contributed by atoms with Crippen molar-refractivity contribution in [2.24, 2.45) is 5.14 Å². The molecule has 0 aliphatic rings. The molecule has 0 unspecified atom stereocenters. The number of primary sulfonamides is 1. The molecule has 2 rings (SSSR count). The predicted molar refractivity (Wildman–Crippen MR) is 85.0 cm³/mol. The average Bonchev–Trinajstić information content (AvgIpc) is 2.34. The molecule has 0 saturated heterocycles. The van der Waals surface area contributed by atoms with Gasteiger partial charge in [0, 0.05) is 9.26 Å². The Kier molecular flexibility index (Phi) is 4.12. The molecule has 0 saturated carbocycles. The smallest absolute Gasteiger partial charge is 0.238 e. The van der Waals surface area contributed by atoms with Crippen molar-refractivity contribution in [3.8, 4) is 0 Å². The Labute approximate surface area is 126 Å². The summed E-state index contributed by atoms with van der Waals surface area (Å²) in [5, 5.41) is 8.44. The Hall–Kier alpha value is -1.12. The quantitative estimate of drug-likeness (QED) is 0.795. The van der Waals surface area contributed by atoms with Crippen LogP contribution in [0.2, 0.25) is 0 Å². The van der Waals surface area contributed by atoms with Crippen molar-refractivity contribution in [3.05, 3.63) is 51.6 Å². The Balaban J connectivity index is 2.52. The van der Waals surface area contributed by atoms with E-state index in [0.717, 1.165) is 14.9 Å². The number of hydrogen-bond acceptors (Lipinski definition) is 3. The minimum absolute atomic E-state index is 0.145. The third-order valence-electron chi connectivity index (χ3n) is 2.71. The average molecular weight is 388 g/mol. The molecule has 0 spiro atoms. The second-order valence-corrected chi connectivity index (χ2v) is 6.77. The van der Waals surface area contributed by atoms with Crippen molar-refractivity contribution in [2.45, 2.75) is 11.8 Å². The van der Waals surface area contributed by atoms with Gasteiger partial charge in [0.1, 0.15) is 0 Å². The second kappa shape index (κ2) is 5.48. The first kappa shape index (κ1) is 14.3. The van der Waals surface area contributed by atoms with Gasteiger partial charge in [-0.1, -0.05) is 18.2 Å². The first-order valence-corrected chi connectivity index (χ1v) is 8.16. The van der Waals surface area contributed by atoms with Gasteiger partial charge in [-0.3, -0.25) is 0 Å². The van der Waals surface area contributed by atoms with Gasteiger partial charge < -0.3 is 5.32 Å². The minimum atomic E-state index is -3.71. The molecule has 2 aromatic rings. The highest BCUT2D eigenvalue weighted by Gasteiger charge is 2.16. The molecule has 0 bridgehead atoms. The molecule has 100 valence electrons. The molecule has 3 N–H and O–H groups in total.